The molecule has 1 aromatic heterocycles. The van der Waals surface area contributed by atoms with Gasteiger partial charge in [-0.3, -0.25) is 4.79 Å². The number of nitrogens with zero attached hydrogens (tertiary/aromatic N) is 2. The van der Waals surface area contributed by atoms with Gasteiger partial charge in [-0.1, -0.05) is 41.1 Å². The number of thiazole rings is 1. The van der Waals surface area contributed by atoms with Crippen molar-refractivity contribution >= 4 is 34.9 Å². The fourth-order valence-corrected chi connectivity index (χ4v) is 3.06. The highest BCUT2D eigenvalue weighted by molar-refractivity contribution is 7.11. The molecule has 22 heavy (non-hydrogen) atoms. The average Bonchev–Trinajstić information content (AvgIpc) is 3.18. The van der Waals surface area contributed by atoms with Crippen LogP contribution in [0.3, 0.4) is 0 Å². The lowest BCUT2D eigenvalue weighted by Crippen LogP contribution is -2.29. The van der Waals surface area contributed by atoms with E-state index < -0.39 is 0 Å². The highest BCUT2D eigenvalue weighted by atomic mass is 35.5. The van der Waals surface area contributed by atoms with Crippen LogP contribution in [-0.4, -0.2) is 35.0 Å². The zero-order chi connectivity index (χ0) is 15.4. The summed E-state index contributed by atoms with van der Waals surface area (Å²) in [6, 6.07) is 7.44. The molecule has 2 heterocycles. The van der Waals surface area contributed by atoms with Crippen molar-refractivity contribution in [3.63, 3.8) is 0 Å². The Bertz CT molecular complexity index is 673. The second-order valence-corrected chi connectivity index (χ2v) is 6.23. The second-order valence-electron chi connectivity index (χ2n) is 4.97. The third kappa shape index (κ3) is 3.67. The normalized spacial score (nSPS) is 18.0. The molecule has 2 aromatic rings. The maximum absolute atomic E-state index is 12.2. The molecule has 0 saturated carbocycles. The van der Waals surface area contributed by atoms with Crippen LogP contribution in [0.25, 0.3) is 6.08 Å². The van der Waals surface area contributed by atoms with Crippen molar-refractivity contribution in [2.75, 3.05) is 13.1 Å². The average molecular weight is 335 g/mol. The molecule has 1 saturated heterocycles. The molecule has 4 nitrogen and oxygen atoms in total. The van der Waals surface area contributed by atoms with Crippen LogP contribution < -0.4 is 4.74 Å². The van der Waals surface area contributed by atoms with E-state index in [0.29, 0.717) is 23.3 Å². The molecule has 1 unspecified atom stereocenters. The van der Waals surface area contributed by atoms with Gasteiger partial charge in [0.1, 0.15) is 6.10 Å². The van der Waals surface area contributed by atoms with E-state index in [2.05, 4.69) is 4.98 Å². The molecule has 1 fully saturated rings. The van der Waals surface area contributed by atoms with Crippen molar-refractivity contribution in [1.29, 1.82) is 0 Å². The van der Waals surface area contributed by atoms with E-state index in [1.165, 1.54) is 11.3 Å². The Kier molecular flexibility index (Phi) is 4.75. The number of aromatic nitrogens is 1. The fraction of sp³-hybridized carbons (Fsp3) is 0.250. The largest absolute Gasteiger partial charge is 0.465 e. The molecule has 114 valence electrons. The molecule has 1 atom stereocenters. The minimum Gasteiger partial charge on any atom is -0.465 e. The summed E-state index contributed by atoms with van der Waals surface area (Å²) in [5.74, 6) is -0.0230. The number of halogens is 1. The lowest BCUT2D eigenvalue weighted by atomic mass is 10.2. The molecular weight excluding hydrogens is 320 g/mol. The Balaban J connectivity index is 1.56. The van der Waals surface area contributed by atoms with E-state index in [9.17, 15) is 4.79 Å². The predicted molar refractivity (Wildman–Crippen MR) is 88.2 cm³/mol. The van der Waals surface area contributed by atoms with Crippen molar-refractivity contribution in [2.45, 2.75) is 12.5 Å². The molecule has 1 aromatic carbocycles. The molecule has 1 amide bonds. The van der Waals surface area contributed by atoms with Gasteiger partial charge < -0.3 is 9.64 Å². The van der Waals surface area contributed by atoms with E-state index in [1.54, 1.807) is 29.3 Å². The van der Waals surface area contributed by atoms with Crippen LogP contribution in [0.15, 0.2) is 41.9 Å². The highest BCUT2D eigenvalue weighted by Crippen LogP contribution is 2.21. The third-order valence-electron chi connectivity index (χ3n) is 3.44. The Labute approximate surface area is 138 Å². The predicted octanol–water partition coefficient (Wildman–Crippen LogP) is 3.49. The van der Waals surface area contributed by atoms with Crippen LogP contribution in [0.2, 0.25) is 5.02 Å². The van der Waals surface area contributed by atoms with Gasteiger partial charge >= 0.3 is 0 Å². The summed E-state index contributed by atoms with van der Waals surface area (Å²) in [5, 5.41) is 3.17. The minimum absolute atomic E-state index is 0.0174. The number of hydrogen-bond acceptors (Lipinski definition) is 4. The van der Waals surface area contributed by atoms with Crippen molar-refractivity contribution in [2.24, 2.45) is 0 Å². The first-order valence-corrected chi connectivity index (χ1v) is 8.26. The van der Waals surface area contributed by atoms with Gasteiger partial charge in [0, 0.05) is 35.6 Å². The minimum atomic E-state index is -0.0230. The van der Waals surface area contributed by atoms with Crippen LogP contribution in [-0.2, 0) is 4.79 Å². The van der Waals surface area contributed by atoms with Gasteiger partial charge in [-0.25, -0.2) is 4.98 Å². The first-order valence-electron chi connectivity index (χ1n) is 7.00. The number of carbonyl (C=O) groups is 1. The van der Waals surface area contributed by atoms with Gasteiger partial charge in [0.2, 0.25) is 5.91 Å². The Morgan fingerprint density at radius 1 is 1.45 bits per heavy atom. The van der Waals surface area contributed by atoms with Gasteiger partial charge in [-0.15, -0.1) is 0 Å². The summed E-state index contributed by atoms with van der Waals surface area (Å²) in [6.07, 6.45) is 5.87. The Morgan fingerprint density at radius 3 is 3.09 bits per heavy atom. The Morgan fingerprint density at radius 2 is 2.32 bits per heavy atom. The first-order chi connectivity index (χ1) is 10.7. The molecule has 6 heteroatoms. The summed E-state index contributed by atoms with van der Waals surface area (Å²) < 4.78 is 5.75. The van der Waals surface area contributed by atoms with Crippen LogP contribution in [0.1, 0.15) is 12.0 Å². The zero-order valence-electron chi connectivity index (χ0n) is 11.8. The third-order valence-corrected chi connectivity index (χ3v) is 4.45. The number of amides is 1. The molecule has 0 N–H and O–H groups in total. The van der Waals surface area contributed by atoms with Gasteiger partial charge in [0.25, 0.3) is 5.19 Å². The second kappa shape index (κ2) is 6.94. The summed E-state index contributed by atoms with van der Waals surface area (Å²) >= 11 is 7.53. The molecule has 0 radical (unpaired) electrons. The molecule has 1 aliphatic heterocycles. The molecule has 3 rings (SSSR count). The van der Waals surface area contributed by atoms with Gasteiger partial charge in [-0.05, 0) is 17.7 Å². The number of ether oxygens (including phenoxy) is 1. The van der Waals surface area contributed by atoms with Crippen molar-refractivity contribution in [3.05, 3.63) is 52.5 Å². The van der Waals surface area contributed by atoms with Crippen molar-refractivity contribution in [3.8, 4) is 5.19 Å². The number of carbonyl (C=O) groups excluding carboxylic acids is 1. The summed E-state index contributed by atoms with van der Waals surface area (Å²) in [4.78, 5) is 18.1. The lowest BCUT2D eigenvalue weighted by Gasteiger charge is -2.14. The maximum Gasteiger partial charge on any atom is 0.273 e. The molecule has 1 aliphatic rings. The number of likely N-dealkylation sites (tertiary alicyclic amines) is 1. The van der Waals surface area contributed by atoms with Crippen molar-refractivity contribution < 1.29 is 9.53 Å². The standard InChI is InChI=1S/C16H15ClN2O2S/c17-14-4-2-1-3-12(14)5-6-15(20)19-9-7-13(11-19)21-16-18-8-10-22-16/h1-6,8,10,13H,7,9,11H2/b6-5+. The van der Waals surface area contributed by atoms with Crippen LogP contribution in [0.5, 0.6) is 5.19 Å². The van der Waals surface area contributed by atoms with E-state index in [-0.39, 0.29) is 12.0 Å². The van der Waals surface area contributed by atoms with E-state index in [0.717, 1.165) is 12.0 Å². The SMILES string of the molecule is O=C(/C=C/c1ccccc1Cl)N1CCC(Oc2nccs2)C1. The van der Waals surface area contributed by atoms with Crippen molar-refractivity contribution in [1.82, 2.24) is 9.88 Å². The molecule has 0 aliphatic carbocycles. The molecule has 0 spiro atoms. The van der Waals surface area contributed by atoms with Gasteiger partial charge in [0.05, 0.1) is 6.54 Å². The maximum atomic E-state index is 12.2. The topological polar surface area (TPSA) is 42.4 Å². The van der Waals surface area contributed by atoms with Gasteiger partial charge in [-0.2, -0.15) is 0 Å². The zero-order valence-corrected chi connectivity index (χ0v) is 13.4. The lowest BCUT2D eigenvalue weighted by molar-refractivity contribution is -0.125. The highest BCUT2D eigenvalue weighted by Gasteiger charge is 2.26. The molecule has 0 bridgehead atoms. The van der Waals surface area contributed by atoms with Gasteiger partial charge in [0.15, 0.2) is 0 Å². The van der Waals surface area contributed by atoms with E-state index in [1.807, 2.05) is 23.6 Å². The smallest absolute Gasteiger partial charge is 0.273 e. The van der Waals surface area contributed by atoms with E-state index in [4.69, 9.17) is 16.3 Å². The van der Waals surface area contributed by atoms with Crippen LogP contribution >= 0.6 is 22.9 Å². The van der Waals surface area contributed by atoms with E-state index >= 15 is 0 Å². The summed E-state index contributed by atoms with van der Waals surface area (Å²) in [7, 11) is 0. The quantitative estimate of drug-likeness (QED) is 0.804. The first kappa shape index (κ1) is 15.1. The fourth-order valence-electron chi connectivity index (χ4n) is 2.31. The number of rotatable bonds is 4. The monoisotopic (exact) mass is 334 g/mol. The number of hydrogen-bond donors (Lipinski definition) is 0. The van der Waals surface area contributed by atoms with Crippen LogP contribution in [0.4, 0.5) is 0 Å². The molecular formula is C16H15ClN2O2S. The van der Waals surface area contributed by atoms with Crippen LogP contribution in [0, 0.1) is 0 Å². The summed E-state index contributed by atoms with van der Waals surface area (Å²) in [6.45, 7) is 1.28. The summed E-state index contributed by atoms with van der Waals surface area (Å²) in [5.41, 5.74) is 0.840. The Hall–Kier alpha value is -1.85. The number of benzene rings is 1.